The van der Waals surface area contributed by atoms with Gasteiger partial charge in [0.25, 0.3) is 0 Å². The Kier molecular flexibility index (Phi) is 3.41. The molecule has 1 aliphatic carbocycles. The molecular weight excluding hydrogens is 290 g/mol. The average molecular weight is 315 g/mol. The molecule has 3 fully saturated rings. The monoisotopic (exact) mass is 315 g/mol. The molecule has 2 aliphatic heterocycles. The van der Waals surface area contributed by atoms with Crippen molar-refractivity contribution in [1.29, 1.82) is 0 Å². The molecule has 120 valence electrons. The Hall–Kier alpha value is -0.620. The smallest absolute Gasteiger partial charge is 0.223 e. The molecule has 0 aromatic heterocycles. The van der Waals surface area contributed by atoms with Crippen LogP contribution in [-0.4, -0.2) is 57.0 Å². The van der Waals surface area contributed by atoms with Gasteiger partial charge in [-0.25, -0.2) is 8.42 Å². The van der Waals surface area contributed by atoms with E-state index in [2.05, 4.69) is 13.8 Å². The third-order valence-electron chi connectivity index (χ3n) is 5.40. The van der Waals surface area contributed by atoms with Crippen molar-refractivity contribution in [3.05, 3.63) is 0 Å². The Morgan fingerprint density at radius 3 is 2.52 bits per heavy atom. The van der Waals surface area contributed by atoms with E-state index in [9.17, 15) is 13.2 Å². The van der Waals surface area contributed by atoms with Crippen LogP contribution in [0, 0.1) is 16.7 Å². The molecule has 3 aliphatic rings. The van der Waals surface area contributed by atoms with Gasteiger partial charge in [0.15, 0.2) is 0 Å². The maximum atomic E-state index is 12.7. The highest BCUT2D eigenvalue weighted by molar-refractivity contribution is 7.90. The van der Waals surface area contributed by atoms with Crippen LogP contribution in [0.5, 0.6) is 0 Å². The number of sulfone groups is 1. The van der Waals surface area contributed by atoms with E-state index in [0.717, 1.165) is 26.0 Å². The van der Waals surface area contributed by atoms with Gasteiger partial charge in [-0.2, -0.15) is 0 Å². The number of rotatable bonds is 4. The summed E-state index contributed by atoms with van der Waals surface area (Å²) in [5.74, 6) is 0.668. The Morgan fingerprint density at radius 2 is 1.95 bits per heavy atom. The van der Waals surface area contributed by atoms with E-state index in [1.165, 1.54) is 6.26 Å². The molecule has 0 aromatic rings. The van der Waals surface area contributed by atoms with Crippen molar-refractivity contribution in [1.82, 2.24) is 4.90 Å². The van der Waals surface area contributed by atoms with Crippen LogP contribution in [0.3, 0.4) is 0 Å². The molecule has 21 heavy (non-hydrogen) atoms. The predicted molar refractivity (Wildman–Crippen MR) is 79.6 cm³/mol. The molecule has 1 saturated carbocycles. The highest BCUT2D eigenvalue weighted by Gasteiger charge is 2.54. The highest BCUT2D eigenvalue weighted by Crippen LogP contribution is 2.51. The SMILES string of the molecule is CC1(C)CN(C(=O)CC2(CS(C)(=O)=O)CC2)[C@@H]2COC[C@@H]21. The van der Waals surface area contributed by atoms with Crippen LogP contribution < -0.4 is 0 Å². The van der Waals surface area contributed by atoms with Crippen LogP contribution in [0.25, 0.3) is 0 Å². The second kappa shape index (κ2) is 4.69. The molecule has 0 radical (unpaired) electrons. The van der Waals surface area contributed by atoms with E-state index in [1.807, 2.05) is 4.90 Å². The molecular formula is C15H25NO4S. The largest absolute Gasteiger partial charge is 0.379 e. The Bertz CT molecular complexity index is 550. The summed E-state index contributed by atoms with van der Waals surface area (Å²) in [4.78, 5) is 14.7. The maximum absolute atomic E-state index is 12.7. The van der Waals surface area contributed by atoms with Crippen molar-refractivity contribution in [2.24, 2.45) is 16.7 Å². The van der Waals surface area contributed by atoms with Crippen LogP contribution in [0.2, 0.25) is 0 Å². The lowest BCUT2D eigenvalue weighted by molar-refractivity contribution is -0.133. The lowest BCUT2D eigenvalue weighted by Gasteiger charge is -2.26. The fourth-order valence-electron chi connectivity index (χ4n) is 4.07. The van der Waals surface area contributed by atoms with Gasteiger partial charge < -0.3 is 9.64 Å². The zero-order valence-corrected chi connectivity index (χ0v) is 13.9. The average Bonchev–Trinajstić information content (AvgIpc) is 2.81. The number of amides is 1. The lowest BCUT2D eigenvalue weighted by atomic mass is 9.80. The van der Waals surface area contributed by atoms with Gasteiger partial charge in [-0.15, -0.1) is 0 Å². The number of hydrogen-bond donors (Lipinski definition) is 0. The fraction of sp³-hybridized carbons (Fsp3) is 0.933. The van der Waals surface area contributed by atoms with E-state index in [-0.39, 0.29) is 28.5 Å². The van der Waals surface area contributed by atoms with Gasteiger partial charge in [-0.3, -0.25) is 4.79 Å². The van der Waals surface area contributed by atoms with Crippen LogP contribution in [-0.2, 0) is 19.4 Å². The number of fused-ring (bicyclic) bond motifs is 1. The second-order valence-corrected chi connectivity index (χ2v) is 10.1. The van der Waals surface area contributed by atoms with Gasteiger partial charge in [0, 0.05) is 25.1 Å². The van der Waals surface area contributed by atoms with E-state index >= 15 is 0 Å². The van der Waals surface area contributed by atoms with Gasteiger partial charge in [0.1, 0.15) is 9.84 Å². The number of likely N-dealkylation sites (tertiary alicyclic amines) is 1. The molecule has 0 spiro atoms. The van der Waals surface area contributed by atoms with Gasteiger partial charge >= 0.3 is 0 Å². The topological polar surface area (TPSA) is 63.7 Å². The first-order chi connectivity index (χ1) is 9.62. The minimum atomic E-state index is -3.02. The van der Waals surface area contributed by atoms with Gasteiger partial charge in [-0.1, -0.05) is 13.8 Å². The minimum Gasteiger partial charge on any atom is -0.379 e. The summed E-state index contributed by atoms with van der Waals surface area (Å²) in [6.45, 7) is 6.50. The van der Waals surface area contributed by atoms with E-state index in [0.29, 0.717) is 18.9 Å². The zero-order valence-electron chi connectivity index (χ0n) is 13.1. The lowest BCUT2D eigenvalue weighted by Crippen LogP contribution is -2.40. The standard InChI is InChI=1S/C15H25NO4S/c1-14(2)9-16(12-8-20-7-11(12)14)13(17)6-15(4-5-15)10-21(3,18)19/h11-12H,4-10H2,1-3H3/t11-,12+/m0/s1. The van der Waals surface area contributed by atoms with Crippen LogP contribution in [0.15, 0.2) is 0 Å². The highest BCUT2D eigenvalue weighted by atomic mass is 32.2. The summed E-state index contributed by atoms with van der Waals surface area (Å²) in [7, 11) is -3.02. The summed E-state index contributed by atoms with van der Waals surface area (Å²) in [6.07, 6.45) is 3.35. The molecule has 5 nitrogen and oxygen atoms in total. The molecule has 1 amide bonds. The number of hydrogen-bond acceptors (Lipinski definition) is 4. The summed E-state index contributed by atoms with van der Waals surface area (Å²) in [5.41, 5.74) is -0.198. The number of ether oxygens (including phenoxy) is 1. The Balaban J connectivity index is 1.69. The molecule has 2 atom stereocenters. The first-order valence-electron chi connectivity index (χ1n) is 7.67. The molecule has 0 bridgehead atoms. The van der Waals surface area contributed by atoms with Crippen molar-refractivity contribution >= 4 is 15.7 Å². The van der Waals surface area contributed by atoms with Gasteiger partial charge in [0.05, 0.1) is 25.0 Å². The maximum Gasteiger partial charge on any atom is 0.223 e. The van der Waals surface area contributed by atoms with Gasteiger partial charge in [0.2, 0.25) is 5.91 Å². The minimum absolute atomic E-state index is 0.0877. The quantitative estimate of drug-likeness (QED) is 0.779. The molecule has 2 saturated heterocycles. The van der Waals surface area contributed by atoms with Crippen molar-refractivity contribution < 1.29 is 17.9 Å². The number of carbonyl (C=O) groups is 1. The first-order valence-corrected chi connectivity index (χ1v) is 9.73. The zero-order chi connectivity index (χ0) is 15.5. The second-order valence-electron chi connectivity index (χ2n) is 7.97. The summed E-state index contributed by atoms with van der Waals surface area (Å²) < 4.78 is 28.6. The van der Waals surface area contributed by atoms with E-state index < -0.39 is 9.84 Å². The number of nitrogens with zero attached hydrogens (tertiary/aromatic N) is 1. The molecule has 2 heterocycles. The summed E-state index contributed by atoms with van der Waals surface area (Å²) in [5, 5.41) is 0. The number of carbonyl (C=O) groups excluding carboxylic acids is 1. The summed E-state index contributed by atoms with van der Waals surface area (Å²) in [6, 6.07) is 0.182. The molecule has 0 unspecified atom stereocenters. The summed E-state index contributed by atoms with van der Waals surface area (Å²) >= 11 is 0. The van der Waals surface area contributed by atoms with Crippen molar-refractivity contribution in [3.8, 4) is 0 Å². The Labute approximate surface area is 126 Å². The third-order valence-corrected chi connectivity index (χ3v) is 6.54. The van der Waals surface area contributed by atoms with E-state index in [1.54, 1.807) is 0 Å². The van der Waals surface area contributed by atoms with Crippen LogP contribution >= 0.6 is 0 Å². The van der Waals surface area contributed by atoms with E-state index in [4.69, 9.17) is 4.74 Å². The van der Waals surface area contributed by atoms with Crippen molar-refractivity contribution in [2.45, 2.75) is 39.2 Å². The molecule has 3 rings (SSSR count). The molecule has 0 N–H and O–H groups in total. The first kappa shape index (κ1) is 15.3. The fourth-order valence-corrected chi connectivity index (χ4v) is 5.57. The van der Waals surface area contributed by atoms with Crippen LogP contribution in [0.4, 0.5) is 0 Å². The van der Waals surface area contributed by atoms with Crippen molar-refractivity contribution in [2.75, 3.05) is 31.8 Å². The predicted octanol–water partition coefficient (Wildman–Crippen LogP) is 1.08. The normalized spacial score (nSPS) is 33.0. The Morgan fingerprint density at radius 1 is 1.29 bits per heavy atom. The molecule has 6 heteroatoms. The third kappa shape index (κ3) is 2.97. The van der Waals surface area contributed by atoms with Crippen LogP contribution in [0.1, 0.15) is 33.1 Å². The molecule has 0 aromatic carbocycles. The van der Waals surface area contributed by atoms with Crippen molar-refractivity contribution in [3.63, 3.8) is 0 Å². The van der Waals surface area contributed by atoms with Gasteiger partial charge in [-0.05, 0) is 23.7 Å².